The molecule has 8 heteroatoms. The molecule has 0 aliphatic heterocycles. The summed E-state index contributed by atoms with van der Waals surface area (Å²) >= 11 is 0. The zero-order valence-electron chi connectivity index (χ0n) is 13.1. The monoisotopic (exact) mass is 318 g/mol. The van der Waals surface area contributed by atoms with Crippen molar-refractivity contribution in [1.29, 1.82) is 0 Å². The molecule has 2 aromatic rings. The first-order valence-electron chi connectivity index (χ1n) is 7.16. The second-order valence-corrected chi connectivity index (χ2v) is 5.13. The predicted octanol–water partition coefficient (Wildman–Crippen LogP) is -1.68. The molecule has 0 aliphatic rings. The van der Waals surface area contributed by atoms with E-state index in [0.29, 0.717) is 0 Å². The molecule has 0 atom stereocenters. The molecule has 1 aromatic heterocycles. The SMILES string of the molecule is C[NH2+]CC(=O)N(C)c1c(N)n(Cc2ccccc2)c(=O)[nH]c1=O. The van der Waals surface area contributed by atoms with Crippen molar-refractivity contribution in [3.8, 4) is 0 Å². The van der Waals surface area contributed by atoms with Crippen LogP contribution in [0.3, 0.4) is 0 Å². The largest absolute Gasteiger partial charge is 0.383 e. The molecular formula is C15H20N5O3+. The van der Waals surface area contributed by atoms with Gasteiger partial charge in [0.1, 0.15) is 5.82 Å². The number of likely N-dealkylation sites (N-methyl/N-ethyl adjacent to an activating group) is 2. The van der Waals surface area contributed by atoms with E-state index in [1.54, 1.807) is 12.4 Å². The van der Waals surface area contributed by atoms with Crippen LogP contribution in [0.2, 0.25) is 0 Å². The number of amides is 1. The van der Waals surface area contributed by atoms with Crippen molar-refractivity contribution >= 4 is 17.4 Å². The third kappa shape index (κ3) is 3.49. The smallest absolute Gasteiger partial charge is 0.330 e. The fraction of sp³-hybridized carbons (Fsp3) is 0.267. The number of quaternary nitrogens is 1. The third-order valence-electron chi connectivity index (χ3n) is 3.49. The zero-order valence-corrected chi connectivity index (χ0v) is 13.1. The van der Waals surface area contributed by atoms with Gasteiger partial charge < -0.3 is 16.0 Å². The first-order valence-corrected chi connectivity index (χ1v) is 7.16. The number of nitrogens with two attached hydrogens (primary N) is 2. The van der Waals surface area contributed by atoms with Gasteiger partial charge in [0, 0.05) is 7.05 Å². The fourth-order valence-corrected chi connectivity index (χ4v) is 2.26. The van der Waals surface area contributed by atoms with Gasteiger partial charge in [-0.1, -0.05) is 30.3 Å². The van der Waals surface area contributed by atoms with Gasteiger partial charge in [0.2, 0.25) is 0 Å². The third-order valence-corrected chi connectivity index (χ3v) is 3.49. The van der Waals surface area contributed by atoms with E-state index in [1.165, 1.54) is 16.5 Å². The summed E-state index contributed by atoms with van der Waals surface area (Å²) in [5.74, 6) is -0.316. The van der Waals surface area contributed by atoms with Crippen LogP contribution in [-0.2, 0) is 11.3 Å². The topological polar surface area (TPSA) is 118 Å². The standard InChI is InChI=1S/C15H19N5O3/c1-17-8-11(21)19(2)12-13(16)20(15(23)18-14(12)22)9-10-6-4-3-5-7-10/h3-7,17H,8-9,16H2,1-2H3,(H,18,22,23)/p+1. The van der Waals surface area contributed by atoms with E-state index >= 15 is 0 Å². The van der Waals surface area contributed by atoms with Crippen LogP contribution >= 0.6 is 0 Å². The van der Waals surface area contributed by atoms with Gasteiger partial charge in [0.25, 0.3) is 11.5 Å². The number of hydrogen-bond donors (Lipinski definition) is 3. The molecule has 0 radical (unpaired) electrons. The van der Waals surface area contributed by atoms with Crippen molar-refractivity contribution in [2.24, 2.45) is 0 Å². The molecule has 1 heterocycles. The van der Waals surface area contributed by atoms with Crippen LogP contribution in [0.1, 0.15) is 5.56 Å². The van der Waals surface area contributed by atoms with Crippen LogP contribution in [0, 0.1) is 0 Å². The number of carbonyl (C=O) groups excluding carboxylic acids is 1. The van der Waals surface area contributed by atoms with Gasteiger partial charge in [0.15, 0.2) is 12.2 Å². The number of rotatable bonds is 5. The second-order valence-electron chi connectivity index (χ2n) is 5.13. The number of nitrogens with zero attached hydrogens (tertiary/aromatic N) is 2. The van der Waals surface area contributed by atoms with Crippen molar-refractivity contribution in [1.82, 2.24) is 9.55 Å². The normalized spacial score (nSPS) is 10.5. The number of carbonyl (C=O) groups is 1. The maximum Gasteiger partial charge on any atom is 0.330 e. The Morgan fingerprint density at radius 1 is 1.30 bits per heavy atom. The summed E-state index contributed by atoms with van der Waals surface area (Å²) in [6.07, 6.45) is 0. The van der Waals surface area contributed by atoms with Gasteiger partial charge in [0.05, 0.1) is 13.6 Å². The van der Waals surface area contributed by atoms with E-state index < -0.39 is 11.2 Å². The van der Waals surface area contributed by atoms with E-state index in [1.807, 2.05) is 30.3 Å². The van der Waals surface area contributed by atoms with Crippen LogP contribution in [0.5, 0.6) is 0 Å². The highest BCUT2D eigenvalue weighted by molar-refractivity contribution is 5.95. The second kappa shape index (κ2) is 6.93. The summed E-state index contributed by atoms with van der Waals surface area (Å²) in [4.78, 5) is 39.5. The Morgan fingerprint density at radius 2 is 1.96 bits per heavy atom. The van der Waals surface area contributed by atoms with Gasteiger partial charge in [-0.15, -0.1) is 0 Å². The quantitative estimate of drug-likeness (QED) is 0.610. The summed E-state index contributed by atoms with van der Waals surface area (Å²) < 4.78 is 1.24. The summed E-state index contributed by atoms with van der Waals surface area (Å²) in [5.41, 5.74) is 5.56. The van der Waals surface area contributed by atoms with Crippen molar-refractivity contribution in [3.05, 3.63) is 56.7 Å². The highest BCUT2D eigenvalue weighted by Gasteiger charge is 2.21. The lowest BCUT2D eigenvalue weighted by Crippen LogP contribution is -2.82. The Labute approximate surface area is 132 Å². The van der Waals surface area contributed by atoms with Crippen molar-refractivity contribution in [2.45, 2.75) is 6.54 Å². The Bertz CT molecular complexity index is 810. The molecule has 1 amide bonds. The minimum Gasteiger partial charge on any atom is -0.383 e. The lowest BCUT2D eigenvalue weighted by molar-refractivity contribution is -0.615. The summed E-state index contributed by atoms with van der Waals surface area (Å²) in [6.45, 7) is 0.379. The molecule has 0 unspecified atom stereocenters. The average Bonchev–Trinajstić information content (AvgIpc) is 2.52. The minimum atomic E-state index is -0.677. The zero-order chi connectivity index (χ0) is 17.0. The van der Waals surface area contributed by atoms with Crippen molar-refractivity contribution in [2.75, 3.05) is 31.3 Å². The number of hydrogen-bond acceptors (Lipinski definition) is 4. The van der Waals surface area contributed by atoms with Gasteiger partial charge in [-0.3, -0.25) is 19.1 Å². The maximum atomic E-state index is 12.1. The first kappa shape index (κ1) is 16.5. The van der Waals surface area contributed by atoms with E-state index in [2.05, 4.69) is 4.98 Å². The molecule has 0 saturated heterocycles. The van der Waals surface area contributed by atoms with Gasteiger partial charge in [-0.05, 0) is 5.56 Å². The van der Waals surface area contributed by atoms with Gasteiger partial charge in [-0.25, -0.2) is 4.79 Å². The van der Waals surface area contributed by atoms with Gasteiger partial charge in [-0.2, -0.15) is 0 Å². The fourth-order valence-electron chi connectivity index (χ4n) is 2.26. The summed E-state index contributed by atoms with van der Waals surface area (Å²) in [5, 5.41) is 1.68. The molecule has 0 fully saturated rings. The van der Waals surface area contributed by atoms with Crippen molar-refractivity contribution < 1.29 is 10.1 Å². The minimum absolute atomic E-state index is 0.0209. The highest BCUT2D eigenvalue weighted by Crippen LogP contribution is 2.16. The van der Waals surface area contributed by atoms with Crippen molar-refractivity contribution in [3.63, 3.8) is 0 Å². The molecule has 0 spiro atoms. The molecule has 122 valence electrons. The van der Waals surface area contributed by atoms with E-state index in [0.717, 1.165) is 5.56 Å². The molecule has 0 bridgehead atoms. The van der Waals surface area contributed by atoms with Crippen LogP contribution in [-0.4, -0.2) is 36.1 Å². The van der Waals surface area contributed by atoms with E-state index in [9.17, 15) is 14.4 Å². The van der Waals surface area contributed by atoms with Crippen LogP contribution in [0.25, 0.3) is 0 Å². The van der Waals surface area contributed by atoms with E-state index in [-0.39, 0.29) is 30.5 Å². The van der Waals surface area contributed by atoms with Crippen LogP contribution in [0.15, 0.2) is 39.9 Å². The lowest BCUT2D eigenvalue weighted by Gasteiger charge is -2.19. The Morgan fingerprint density at radius 3 is 2.57 bits per heavy atom. The Kier molecular flexibility index (Phi) is 4.97. The molecule has 23 heavy (non-hydrogen) atoms. The molecule has 1 aromatic carbocycles. The number of benzene rings is 1. The molecule has 2 rings (SSSR count). The van der Waals surface area contributed by atoms with Crippen LogP contribution < -0.4 is 27.2 Å². The Balaban J connectivity index is 2.49. The number of nitrogens with one attached hydrogen (secondary N) is 1. The van der Waals surface area contributed by atoms with Crippen LogP contribution in [0.4, 0.5) is 11.5 Å². The molecule has 0 aliphatic carbocycles. The summed E-state index contributed by atoms with van der Waals surface area (Å²) in [6, 6.07) is 9.24. The molecule has 0 saturated carbocycles. The first-order chi connectivity index (χ1) is 11.0. The predicted molar refractivity (Wildman–Crippen MR) is 87.4 cm³/mol. The van der Waals surface area contributed by atoms with E-state index in [4.69, 9.17) is 5.73 Å². The number of anilines is 2. The molecular weight excluding hydrogens is 298 g/mol. The Hall–Kier alpha value is -2.87. The number of aromatic nitrogens is 2. The molecule has 5 N–H and O–H groups in total. The molecule has 8 nitrogen and oxygen atoms in total. The number of H-pyrrole nitrogens is 1. The number of nitrogen functional groups attached to an aromatic ring is 1. The summed E-state index contributed by atoms with van der Waals surface area (Å²) in [7, 11) is 3.21. The maximum absolute atomic E-state index is 12.1. The average molecular weight is 318 g/mol. The lowest BCUT2D eigenvalue weighted by atomic mass is 10.2. The highest BCUT2D eigenvalue weighted by atomic mass is 16.2. The van der Waals surface area contributed by atoms with Gasteiger partial charge >= 0.3 is 5.69 Å². The number of aromatic amines is 1.